The van der Waals surface area contributed by atoms with E-state index < -0.39 is 12.1 Å². The van der Waals surface area contributed by atoms with E-state index in [1.165, 1.54) is 4.90 Å². The molecule has 0 fully saturated rings. The van der Waals surface area contributed by atoms with E-state index in [9.17, 15) is 9.59 Å². The number of amides is 2. The van der Waals surface area contributed by atoms with Crippen LogP contribution in [0.15, 0.2) is 36.4 Å². The SMILES string of the molecule is Cc1ccc(NC(=O)C(C)N2C(=O)C(C(C)C)Oc3ccc(N)nc32)cc1. The van der Waals surface area contributed by atoms with Gasteiger partial charge in [0.05, 0.1) is 0 Å². The highest BCUT2D eigenvalue weighted by Crippen LogP contribution is 2.36. The van der Waals surface area contributed by atoms with Gasteiger partial charge in [0, 0.05) is 5.69 Å². The largest absolute Gasteiger partial charge is 0.476 e. The maximum atomic E-state index is 13.0. The summed E-state index contributed by atoms with van der Waals surface area (Å²) < 4.78 is 5.81. The summed E-state index contributed by atoms with van der Waals surface area (Å²) in [5.41, 5.74) is 7.55. The standard InChI is InChI=1S/C20H24N4O3/c1-11(2)17-20(26)24(18-15(27-17)9-10-16(21)23-18)13(4)19(25)22-14-7-5-12(3)6-8-14/h5-11,13,17H,1-4H3,(H2,21,23)(H,22,25). The van der Waals surface area contributed by atoms with Crippen LogP contribution < -0.4 is 20.7 Å². The number of nitrogen functional groups attached to an aromatic ring is 1. The molecule has 27 heavy (non-hydrogen) atoms. The van der Waals surface area contributed by atoms with Crippen LogP contribution in [-0.2, 0) is 9.59 Å². The Hall–Kier alpha value is -3.09. The number of nitrogens with two attached hydrogens (primary N) is 1. The number of ether oxygens (including phenoxy) is 1. The molecule has 1 aliphatic rings. The molecule has 3 N–H and O–H groups in total. The van der Waals surface area contributed by atoms with E-state index in [4.69, 9.17) is 10.5 Å². The lowest BCUT2D eigenvalue weighted by atomic mass is 10.0. The maximum absolute atomic E-state index is 13.0. The quantitative estimate of drug-likeness (QED) is 0.865. The van der Waals surface area contributed by atoms with Crippen LogP contribution in [0.25, 0.3) is 0 Å². The van der Waals surface area contributed by atoms with Crippen molar-refractivity contribution in [1.82, 2.24) is 4.98 Å². The number of anilines is 3. The van der Waals surface area contributed by atoms with Crippen molar-refractivity contribution in [3.05, 3.63) is 42.0 Å². The number of pyridine rings is 1. The Labute approximate surface area is 158 Å². The Bertz CT molecular complexity index is 864. The smallest absolute Gasteiger partial charge is 0.270 e. The van der Waals surface area contributed by atoms with Gasteiger partial charge in [0.2, 0.25) is 5.91 Å². The molecule has 2 heterocycles. The summed E-state index contributed by atoms with van der Waals surface area (Å²) in [5, 5.41) is 2.84. The van der Waals surface area contributed by atoms with Crippen molar-refractivity contribution in [1.29, 1.82) is 0 Å². The number of aromatic nitrogens is 1. The van der Waals surface area contributed by atoms with E-state index in [1.807, 2.05) is 45.0 Å². The van der Waals surface area contributed by atoms with Crippen LogP contribution in [0.4, 0.5) is 17.3 Å². The first kappa shape index (κ1) is 18.7. The number of fused-ring (bicyclic) bond motifs is 1. The lowest BCUT2D eigenvalue weighted by Crippen LogP contribution is -2.55. The first-order valence-electron chi connectivity index (χ1n) is 8.91. The number of carbonyl (C=O) groups excluding carboxylic acids is 2. The van der Waals surface area contributed by atoms with E-state index in [0.717, 1.165) is 5.56 Å². The molecule has 1 aromatic carbocycles. The molecule has 2 amide bonds. The van der Waals surface area contributed by atoms with Gasteiger partial charge in [-0.2, -0.15) is 0 Å². The molecule has 142 valence electrons. The van der Waals surface area contributed by atoms with E-state index in [-0.39, 0.29) is 29.4 Å². The summed E-state index contributed by atoms with van der Waals surface area (Å²) in [5.74, 6) is 0.289. The van der Waals surface area contributed by atoms with Crippen LogP contribution in [-0.4, -0.2) is 28.9 Å². The van der Waals surface area contributed by atoms with E-state index in [1.54, 1.807) is 19.1 Å². The third-order valence-electron chi connectivity index (χ3n) is 4.52. The van der Waals surface area contributed by atoms with Gasteiger partial charge < -0.3 is 15.8 Å². The number of nitrogens with zero attached hydrogens (tertiary/aromatic N) is 2. The maximum Gasteiger partial charge on any atom is 0.270 e. The van der Waals surface area contributed by atoms with Crippen molar-refractivity contribution in [3.8, 4) is 5.75 Å². The molecule has 3 rings (SSSR count). The topological polar surface area (TPSA) is 97.5 Å². The summed E-state index contributed by atoms with van der Waals surface area (Å²) in [6.45, 7) is 7.43. The summed E-state index contributed by atoms with van der Waals surface area (Å²) in [4.78, 5) is 31.5. The van der Waals surface area contributed by atoms with Crippen molar-refractivity contribution in [3.63, 3.8) is 0 Å². The molecule has 0 aliphatic carbocycles. The van der Waals surface area contributed by atoms with E-state index >= 15 is 0 Å². The summed E-state index contributed by atoms with van der Waals surface area (Å²) in [6, 6.07) is 9.97. The number of hydrogen-bond acceptors (Lipinski definition) is 5. The fraction of sp³-hybridized carbons (Fsp3) is 0.350. The predicted octanol–water partition coefficient (Wildman–Crippen LogP) is 2.75. The molecule has 0 spiro atoms. The lowest BCUT2D eigenvalue weighted by molar-refractivity contribution is -0.130. The zero-order chi connectivity index (χ0) is 19.7. The molecule has 7 heteroatoms. The number of nitrogens with one attached hydrogen (secondary N) is 1. The van der Waals surface area contributed by atoms with Crippen LogP contribution in [0.2, 0.25) is 0 Å². The number of rotatable bonds is 4. The van der Waals surface area contributed by atoms with Gasteiger partial charge in [-0.1, -0.05) is 31.5 Å². The third-order valence-corrected chi connectivity index (χ3v) is 4.52. The van der Waals surface area contributed by atoms with Crippen LogP contribution in [0, 0.1) is 12.8 Å². The van der Waals surface area contributed by atoms with Crippen molar-refractivity contribution < 1.29 is 14.3 Å². The monoisotopic (exact) mass is 368 g/mol. The van der Waals surface area contributed by atoms with Gasteiger partial charge in [0.15, 0.2) is 17.7 Å². The molecule has 1 aliphatic heterocycles. The van der Waals surface area contributed by atoms with Gasteiger partial charge in [0.25, 0.3) is 5.91 Å². The Morgan fingerprint density at radius 2 is 1.85 bits per heavy atom. The number of carbonyl (C=O) groups is 2. The summed E-state index contributed by atoms with van der Waals surface area (Å²) >= 11 is 0. The molecule has 0 radical (unpaired) electrons. The highest BCUT2D eigenvalue weighted by atomic mass is 16.5. The summed E-state index contributed by atoms with van der Waals surface area (Å²) in [7, 11) is 0. The van der Waals surface area contributed by atoms with Crippen LogP contribution in [0.3, 0.4) is 0 Å². The minimum Gasteiger partial charge on any atom is -0.476 e. The van der Waals surface area contributed by atoms with E-state index in [0.29, 0.717) is 11.4 Å². The van der Waals surface area contributed by atoms with Crippen molar-refractivity contribution in [2.45, 2.75) is 39.8 Å². The average molecular weight is 368 g/mol. The second kappa shape index (κ2) is 7.26. The minimum atomic E-state index is -0.781. The van der Waals surface area contributed by atoms with Gasteiger partial charge in [-0.25, -0.2) is 4.98 Å². The highest BCUT2D eigenvalue weighted by Gasteiger charge is 2.41. The molecule has 0 saturated carbocycles. The first-order valence-corrected chi connectivity index (χ1v) is 8.91. The van der Waals surface area contributed by atoms with Gasteiger partial charge in [-0.3, -0.25) is 14.5 Å². The molecule has 1 aromatic heterocycles. The highest BCUT2D eigenvalue weighted by molar-refractivity contribution is 6.07. The molecule has 7 nitrogen and oxygen atoms in total. The van der Waals surface area contributed by atoms with E-state index in [2.05, 4.69) is 10.3 Å². The van der Waals surface area contributed by atoms with Crippen LogP contribution in [0.1, 0.15) is 26.3 Å². The third kappa shape index (κ3) is 3.72. The van der Waals surface area contributed by atoms with Gasteiger partial charge >= 0.3 is 0 Å². The molecule has 0 saturated heterocycles. The first-order chi connectivity index (χ1) is 12.8. The Balaban J connectivity index is 1.92. The van der Waals surface area contributed by atoms with Gasteiger partial charge in [-0.05, 0) is 44.0 Å². The zero-order valence-corrected chi connectivity index (χ0v) is 15.9. The van der Waals surface area contributed by atoms with Crippen molar-refractivity contribution in [2.24, 2.45) is 5.92 Å². The molecular formula is C20H24N4O3. The predicted molar refractivity (Wildman–Crippen MR) is 105 cm³/mol. The zero-order valence-electron chi connectivity index (χ0n) is 15.9. The van der Waals surface area contributed by atoms with Gasteiger partial charge in [-0.15, -0.1) is 0 Å². The normalized spacial score (nSPS) is 17.3. The van der Waals surface area contributed by atoms with Crippen molar-refractivity contribution in [2.75, 3.05) is 16.0 Å². The average Bonchev–Trinajstić information content (AvgIpc) is 2.62. The van der Waals surface area contributed by atoms with Crippen LogP contribution in [0.5, 0.6) is 5.75 Å². The fourth-order valence-corrected chi connectivity index (χ4v) is 2.94. The number of hydrogen-bond donors (Lipinski definition) is 2. The Morgan fingerprint density at radius 1 is 1.19 bits per heavy atom. The Kier molecular flexibility index (Phi) is 5.03. The molecule has 2 unspecified atom stereocenters. The lowest BCUT2D eigenvalue weighted by Gasteiger charge is -2.37. The van der Waals surface area contributed by atoms with Gasteiger partial charge in [0.1, 0.15) is 11.9 Å². The van der Waals surface area contributed by atoms with Crippen LogP contribution >= 0.6 is 0 Å². The second-order valence-corrected chi connectivity index (χ2v) is 7.08. The molecule has 2 aromatic rings. The second-order valence-electron chi connectivity index (χ2n) is 7.08. The summed E-state index contributed by atoms with van der Waals surface area (Å²) in [6.07, 6.45) is -0.683. The molecule has 0 bridgehead atoms. The fourth-order valence-electron chi connectivity index (χ4n) is 2.94. The number of benzene rings is 1. The van der Waals surface area contributed by atoms with Crippen molar-refractivity contribution >= 4 is 29.1 Å². The molecular weight excluding hydrogens is 344 g/mol. The molecule has 2 atom stereocenters. The minimum absolute atomic E-state index is 0.0573. The Morgan fingerprint density at radius 3 is 2.48 bits per heavy atom. The number of aryl methyl sites for hydroxylation is 1.